The molecule has 0 atom stereocenters. The normalized spacial score (nSPS) is 20.2. The number of rotatable bonds is 3. The Hall–Kier alpha value is -0.995. The van der Waals surface area contributed by atoms with Crippen LogP contribution in [-0.2, 0) is 14.7 Å². The first-order valence-corrected chi connectivity index (χ1v) is 8.60. The Morgan fingerprint density at radius 1 is 1.00 bits per heavy atom. The summed E-state index contributed by atoms with van der Waals surface area (Å²) in [4.78, 5) is 0. The smallest absolute Gasteiger partial charge is 0.399 e. The predicted molar refractivity (Wildman–Crippen MR) is 99.6 cm³/mol. The van der Waals surface area contributed by atoms with Gasteiger partial charge in [0.25, 0.3) is 0 Å². The van der Waals surface area contributed by atoms with Crippen molar-refractivity contribution in [1.82, 2.24) is 0 Å². The topological polar surface area (TPSA) is 30.5 Å². The maximum atomic E-state index is 6.20. The lowest BCUT2D eigenvalue weighted by Crippen LogP contribution is -2.41. The van der Waals surface area contributed by atoms with E-state index in [-0.39, 0.29) is 23.7 Å². The van der Waals surface area contributed by atoms with Crippen LogP contribution in [0, 0.1) is 0 Å². The number of hydrogen-bond donors (Lipinski definition) is 1. The van der Waals surface area contributed by atoms with Gasteiger partial charge in [-0.2, -0.15) is 0 Å². The Balaban J connectivity index is 2.39. The maximum absolute atomic E-state index is 6.20. The summed E-state index contributed by atoms with van der Waals surface area (Å²) in [6.07, 6.45) is 0. The summed E-state index contributed by atoms with van der Waals surface area (Å²) in [6.45, 7) is 19.4. The van der Waals surface area contributed by atoms with Gasteiger partial charge in [0, 0.05) is 11.7 Å². The molecule has 0 aliphatic carbocycles. The van der Waals surface area contributed by atoms with E-state index < -0.39 is 0 Å². The van der Waals surface area contributed by atoms with Gasteiger partial charge in [-0.05, 0) is 64.1 Å². The van der Waals surface area contributed by atoms with E-state index in [2.05, 4.69) is 85.8 Å². The maximum Gasteiger partial charge on any atom is 0.494 e. The summed E-state index contributed by atoms with van der Waals surface area (Å²) in [6, 6.07) is 6.90. The Morgan fingerprint density at radius 3 is 1.96 bits per heavy atom. The summed E-state index contributed by atoms with van der Waals surface area (Å²) in [5, 5.41) is 3.55. The fraction of sp³-hybridized carbons (Fsp3) is 0.684. The van der Waals surface area contributed by atoms with Crippen LogP contribution in [0.4, 0.5) is 5.69 Å². The minimum absolute atomic E-state index is 0.0525. The van der Waals surface area contributed by atoms with E-state index in [0.717, 1.165) is 5.46 Å². The molecule has 1 N–H and O–H groups in total. The molecule has 0 spiro atoms. The zero-order valence-corrected chi connectivity index (χ0v) is 16.2. The molecule has 3 nitrogen and oxygen atoms in total. The van der Waals surface area contributed by atoms with Gasteiger partial charge in [0.15, 0.2) is 0 Å². The van der Waals surface area contributed by atoms with E-state index in [9.17, 15) is 0 Å². The second-order valence-electron chi connectivity index (χ2n) is 8.94. The monoisotopic (exact) mass is 317 g/mol. The third-order valence-corrected chi connectivity index (χ3v) is 4.82. The molecule has 0 saturated carbocycles. The Morgan fingerprint density at radius 2 is 1.52 bits per heavy atom. The highest BCUT2D eigenvalue weighted by Gasteiger charge is 2.51. The molecule has 0 bridgehead atoms. The predicted octanol–water partition coefficient (Wildman–Crippen LogP) is 4.10. The zero-order valence-electron chi connectivity index (χ0n) is 16.2. The lowest BCUT2D eigenvalue weighted by Gasteiger charge is -2.32. The van der Waals surface area contributed by atoms with Gasteiger partial charge in [0.1, 0.15) is 0 Å². The van der Waals surface area contributed by atoms with Crippen LogP contribution in [0.3, 0.4) is 0 Å². The third-order valence-electron chi connectivity index (χ3n) is 4.82. The van der Waals surface area contributed by atoms with Gasteiger partial charge < -0.3 is 14.6 Å². The van der Waals surface area contributed by atoms with E-state index in [1.807, 2.05) is 0 Å². The largest absolute Gasteiger partial charge is 0.494 e. The van der Waals surface area contributed by atoms with E-state index in [1.54, 1.807) is 0 Å². The molecule has 0 unspecified atom stereocenters. The van der Waals surface area contributed by atoms with Gasteiger partial charge in [0.2, 0.25) is 0 Å². The minimum atomic E-state index is -0.311. The summed E-state index contributed by atoms with van der Waals surface area (Å²) in [7, 11) is -0.311. The number of nitrogens with one attached hydrogen (secondary N) is 1. The van der Waals surface area contributed by atoms with E-state index in [0.29, 0.717) is 6.04 Å². The van der Waals surface area contributed by atoms with Gasteiger partial charge >= 0.3 is 7.12 Å². The molecule has 2 rings (SSSR count). The fourth-order valence-corrected chi connectivity index (χ4v) is 2.75. The highest BCUT2D eigenvalue weighted by atomic mass is 16.7. The Bertz CT molecular complexity index is 557. The van der Waals surface area contributed by atoms with Crippen molar-refractivity contribution in [2.75, 3.05) is 5.32 Å². The molecule has 128 valence electrons. The molecule has 0 aromatic heterocycles. The van der Waals surface area contributed by atoms with Crippen molar-refractivity contribution in [3.05, 3.63) is 23.8 Å². The third kappa shape index (κ3) is 3.75. The van der Waals surface area contributed by atoms with Gasteiger partial charge in [-0.1, -0.05) is 32.9 Å². The summed E-state index contributed by atoms with van der Waals surface area (Å²) >= 11 is 0. The highest BCUT2D eigenvalue weighted by molar-refractivity contribution is 6.62. The number of hydrogen-bond acceptors (Lipinski definition) is 3. The molecule has 1 heterocycles. The van der Waals surface area contributed by atoms with Crippen molar-refractivity contribution in [3.8, 4) is 0 Å². The average Bonchev–Trinajstić information content (AvgIpc) is 2.56. The van der Waals surface area contributed by atoms with E-state index in [4.69, 9.17) is 9.31 Å². The number of anilines is 1. The van der Waals surface area contributed by atoms with E-state index >= 15 is 0 Å². The van der Waals surface area contributed by atoms with Crippen LogP contribution < -0.4 is 10.8 Å². The van der Waals surface area contributed by atoms with Crippen LogP contribution >= 0.6 is 0 Å². The van der Waals surface area contributed by atoms with Gasteiger partial charge in [0.05, 0.1) is 11.2 Å². The standard InChI is InChI=1S/C19H32BNO2/c1-13(2)21-16-11-10-14(12-15(16)17(3,4)5)20-22-18(6,7)19(8,9)23-20/h10-13,21H,1-9H3. The first kappa shape index (κ1) is 18.3. The minimum Gasteiger partial charge on any atom is -0.399 e. The lowest BCUT2D eigenvalue weighted by molar-refractivity contribution is 0.00578. The van der Waals surface area contributed by atoms with Crippen LogP contribution in [0.5, 0.6) is 0 Å². The molecule has 4 heteroatoms. The average molecular weight is 317 g/mol. The van der Waals surface area contributed by atoms with Crippen molar-refractivity contribution in [3.63, 3.8) is 0 Å². The van der Waals surface area contributed by atoms with Gasteiger partial charge in [-0.25, -0.2) is 0 Å². The first-order chi connectivity index (χ1) is 10.3. The van der Waals surface area contributed by atoms with Crippen molar-refractivity contribution < 1.29 is 9.31 Å². The summed E-state index contributed by atoms with van der Waals surface area (Å²) in [5.41, 5.74) is 2.99. The molecule has 1 aromatic carbocycles. The molecule has 1 fully saturated rings. The molecular weight excluding hydrogens is 285 g/mol. The Kier molecular flexibility index (Phi) is 4.64. The molecule has 1 aliphatic rings. The van der Waals surface area contributed by atoms with Crippen LogP contribution in [0.2, 0.25) is 0 Å². The Labute approximate surface area is 142 Å². The lowest BCUT2D eigenvalue weighted by atomic mass is 9.75. The molecular formula is C19H32BNO2. The van der Waals surface area contributed by atoms with Crippen LogP contribution in [0.25, 0.3) is 0 Å². The van der Waals surface area contributed by atoms with Gasteiger partial charge in [-0.15, -0.1) is 0 Å². The SMILES string of the molecule is CC(C)Nc1ccc(B2OC(C)(C)C(C)(C)O2)cc1C(C)(C)C. The van der Waals surface area contributed by atoms with Crippen molar-refractivity contribution >= 4 is 18.3 Å². The van der Waals surface area contributed by atoms with Crippen LogP contribution in [-0.4, -0.2) is 24.4 Å². The second-order valence-corrected chi connectivity index (χ2v) is 8.94. The van der Waals surface area contributed by atoms with Crippen molar-refractivity contribution in [2.24, 2.45) is 0 Å². The van der Waals surface area contributed by atoms with Crippen LogP contribution in [0.1, 0.15) is 67.9 Å². The van der Waals surface area contributed by atoms with E-state index in [1.165, 1.54) is 11.3 Å². The quantitative estimate of drug-likeness (QED) is 0.851. The second kappa shape index (κ2) is 5.82. The molecule has 0 amide bonds. The van der Waals surface area contributed by atoms with Gasteiger partial charge in [-0.3, -0.25) is 0 Å². The first-order valence-electron chi connectivity index (χ1n) is 8.60. The van der Waals surface area contributed by atoms with Crippen molar-refractivity contribution in [1.29, 1.82) is 0 Å². The summed E-state index contributed by atoms with van der Waals surface area (Å²) < 4.78 is 12.4. The fourth-order valence-electron chi connectivity index (χ4n) is 2.75. The molecule has 23 heavy (non-hydrogen) atoms. The summed E-state index contributed by atoms with van der Waals surface area (Å²) in [5.74, 6) is 0. The molecule has 1 aromatic rings. The molecule has 1 saturated heterocycles. The number of benzene rings is 1. The van der Waals surface area contributed by atoms with Crippen LogP contribution in [0.15, 0.2) is 18.2 Å². The molecule has 0 radical (unpaired) electrons. The highest BCUT2D eigenvalue weighted by Crippen LogP contribution is 2.37. The van der Waals surface area contributed by atoms with Crippen molar-refractivity contribution in [2.45, 2.75) is 85.0 Å². The molecule has 1 aliphatic heterocycles. The zero-order chi connectivity index (χ0) is 17.6.